The Morgan fingerprint density at radius 3 is 2.25 bits per heavy atom. The van der Waals surface area contributed by atoms with Crippen molar-refractivity contribution >= 4 is 34.8 Å². The van der Waals surface area contributed by atoms with Gasteiger partial charge in [0, 0.05) is 23.1 Å². The number of amides is 2. The van der Waals surface area contributed by atoms with E-state index in [4.69, 9.17) is 5.53 Å². The summed E-state index contributed by atoms with van der Waals surface area (Å²) in [7, 11) is 0. The number of carbonyl (C=O) groups is 3. The lowest BCUT2D eigenvalue weighted by atomic mass is 10.1. The van der Waals surface area contributed by atoms with Crippen LogP contribution in [0.2, 0.25) is 0 Å². The molecule has 3 rings (SSSR count). The Morgan fingerprint density at radius 1 is 1.14 bits per heavy atom. The largest absolute Gasteiger partial charge is 0.382 e. The van der Waals surface area contributed by atoms with Crippen LogP contribution in [0.3, 0.4) is 0 Å². The number of imide groups is 1. The minimum Gasteiger partial charge on any atom is -0.323 e. The van der Waals surface area contributed by atoms with E-state index in [2.05, 4.69) is 19.8 Å². The Hall–Kier alpha value is -3.51. The third-order valence-corrected chi connectivity index (χ3v) is 4.35. The molecule has 144 valence electrons. The van der Waals surface area contributed by atoms with Crippen LogP contribution in [0.4, 0.5) is 23.2 Å². The zero-order valence-electron chi connectivity index (χ0n) is 13.3. The van der Waals surface area contributed by atoms with E-state index in [9.17, 15) is 31.9 Å². The Balaban J connectivity index is 1.96. The van der Waals surface area contributed by atoms with Crippen LogP contribution in [0.5, 0.6) is 0 Å². The molecule has 28 heavy (non-hydrogen) atoms. The number of thiazole rings is 1. The van der Waals surface area contributed by atoms with Crippen molar-refractivity contribution in [2.75, 3.05) is 0 Å². The quantitative estimate of drug-likeness (QED) is 0.189. The second kappa shape index (κ2) is 7.25. The highest BCUT2D eigenvalue weighted by atomic mass is 32.1. The van der Waals surface area contributed by atoms with E-state index in [1.165, 1.54) is 0 Å². The molecule has 0 unspecified atom stereocenters. The van der Waals surface area contributed by atoms with Crippen molar-refractivity contribution in [2.45, 2.75) is 12.8 Å². The second-order valence-electron chi connectivity index (χ2n) is 5.17. The first-order valence-corrected chi connectivity index (χ1v) is 8.09. The third-order valence-electron chi connectivity index (χ3n) is 3.49. The predicted molar refractivity (Wildman–Crippen MR) is 82.7 cm³/mol. The first-order valence-electron chi connectivity index (χ1n) is 7.21. The molecular formula is C14H5F4N5O4S. The van der Waals surface area contributed by atoms with Gasteiger partial charge in [-0.15, -0.1) is 16.4 Å². The smallest absolute Gasteiger partial charge is 0.323 e. The average molecular weight is 415 g/mol. The molecule has 0 saturated carbocycles. The summed E-state index contributed by atoms with van der Waals surface area (Å²) in [5, 5.41) is 3.10. The molecule has 1 aliphatic rings. The van der Waals surface area contributed by atoms with Gasteiger partial charge >= 0.3 is 5.97 Å². The van der Waals surface area contributed by atoms with Crippen LogP contribution in [0, 0.1) is 23.3 Å². The lowest BCUT2D eigenvalue weighted by Gasteiger charge is -2.11. The number of hydrogen-bond donors (Lipinski definition) is 0. The van der Waals surface area contributed by atoms with Crippen molar-refractivity contribution in [3.63, 3.8) is 0 Å². The van der Waals surface area contributed by atoms with Crippen molar-refractivity contribution in [1.82, 2.24) is 10.0 Å². The summed E-state index contributed by atoms with van der Waals surface area (Å²) in [6.07, 6.45) is -0.304. The van der Waals surface area contributed by atoms with Gasteiger partial charge in [-0.2, -0.15) is 0 Å². The van der Waals surface area contributed by atoms with Crippen LogP contribution in [0.1, 0.15) is 23.3 Å². The second-order valence-corrected chi connectivity index (χ2v) is 6.03. The van der Waals surface area contributed by atoms with E-state index in [1.54, 1.807) is 0 Å². The highest BCUT2D eigenvalue weighted by Crippen LogP contribution is 2.37. The molecule has 1 aromatic carbocycles. The van der Waals surface area contributed by atoms with Crippen molar-refractivity contribution in [3.8, 4) is 10.6 Å². The fourth-order valence-electron chi connectivity index (χ4n) is 2.21. The zero-order chi connectivity index (χ0) is 20.6. The number of aromatic nitrogens is 1. The molecule has 1 aromatic heterocycles. The van der Waals surface area contributed by atoms with Crippen LogP contribution < -0.4 is 0 Å². The summed E-state index contributed by atoms with van der Waals surface area (Å²) in [6, 6.07) is 0. The van der Waals surface area contributed by atoms with E-state index in [0.717, 1.165) is 5.38 Å². The minimum atomic E-state index is -1.95. The number of rotatable bonds is 4. The first kappa shape index (κ1) is 19.3. The molecule has 1 saturated heterocycles. The van der Waals surface area contributed by atoms with E-state index in [1.807, 2.05) is 0 Å². The van der Waals surface area contributed by atoms with Gasteiger partial charge in [0.2, 0.25) is 0 Å². The maximum Gasteiger partial charge on any atom is 0.382 e. The molecule has 1 fully saturated rings. The van der Waals surface area contributed by atoms with Gasteiger partial charge < -0.3 is 4.84 Å². The van der Waals surface area contributed by atoms with Gasteiger partial charge in [0.15, 0.2) is 29.0 Å². The topological polar surface area (TPSA) is 125 Å². The summed E-state index contributed by atoms with van der Waals surface area (Å²) < 4.78 is 56.0. The number of hydroxylamine groups is 2. The molecule has 0 bridgehead atoms. The zero-order valence-corrected chi connectivity index (χ0v) is 14.1. The van der Waals surface area contributed by atoms with E-state index < -0.39 is 63.0 Å². The predicted octanol–water partition coefficient (Wildman–Crippen LogP) is 3.53. The van der Waals surface area contributed by atoms with E-state index in [0.29, 0.717) is 11.3 Å². The summed E-state index contributed by atoms with van der Waals surface area (Å²) >= 11 is 0.438. The van der Waals surface area contributed by atoms with E-state index in [-0.39, 0.29) is 17.9 Å². The Labute approximate surface area is 155 Å². The van der Waals surface area contributed by atoms with Gasteiger partial charge in [-0.1, -0.05) is 5.11 Å². The van der Waals surface area contributed by atoms with E-state index >= 15 is 0 Å². The lowest BCUT2D eigenvalue weighted by Crippen LogP contribution is -2.32. The number of benzene rings is 1. The van der Waals surface area contributed by atoms with Crippen LogP contribution in [-0.4, -0.2) is 27.8 Å². The van der Waals surface area contributed by atoms with Crippen molar-refractivity contribution in [3.05, 3.63) is 44.8 Å². The Morgan fingerprint density at radius 2 is 1.71 bits per heavy atom. The average Bonchev–Trinajstić information content (AvgIpc) is 3.26. The Bertz CT molecular complexity index is 1040. The molecule has 0 atom stereocenters. The number of carbonyl (C=O) groups excluding carboxylic acids is 3. The molecule has 0 N–H and O–H groups in total. The molecule has 0 spiro atoms. The molecule has 1 aliphatic heterocycles. The maximum atomic E-state index is 14.1. The molecular weight excluding hydrogens is 410 g/mol. The monoisotopic (exact) mass is 415 g/mol. The molecule has 14 heteroatoms. The lowest BCUT2D eigenvalue weighted by molar-refractivity contribution is -0.172. The fraction of sp³-hybridized carbons (Fsp3) is 0.143. The molecule has 2 heterocycles. The molecule has 2 amide bonds. The van der Waals surface area contributed by atoms with Gasteiger partial charge in [0.1, 0.15) is 10.7 Å². The standard InChI is InChI=1S/C14H5F4N5O4S/c15-8-7(9(16)11(18)12(10(8)17)21-22-19)13-20-4(3-28-13)14(26)27-23-5(24)1-2-6(23)25/h3H,1-2H2. The SMILES string of the molecule is [N-]=[N+]=Nc1c(F)c(F)c(-c2nc(C(=O)ON3C(=O)CCC3=O)cs2)c(F)c1F. The molecule has 9 nitrogen and oxygen atoms in total. The first-order chi connectivity index (χ1) is 13.3. The molecule has 2 aromatic rings. The van der Waals surface area contributed by atoms with Crippen LogP contribution in [0.15, 0.2) is 10.5 Å². The minimum absolute atomic E-state index is 0.152. The van der Waals surface area contributed by atoms with Crippen molar-refractivity contribution < 1.29 is 36.8 Å². The number of hydrogen-bond acceptors (Lipinski definition) is 7. The molecule has 0 radical (unpaired) electrons. The van der Waals surface area contributed by atoms with Gasteiger partial charge in [-0.3, -0.25) is 9.59 Å². The summed E-state index contributed by atoms with van der Waals surface area (Å²) in [6.45, 7) is 0. The summed E-state index contributed by atoms with van der Waals surface area (Å²) in [5.41, 5.74) is 4.93. The van der Waals surface area contributed by atoms with Crippen molar-refractivity contribution in [2.24, 2.45) is 5.11 Å². The van der Waals surface area contributed by atoms with Crippen molar-refractivity contribution in [1.29, 1.82) is 0 Å². The highest BCUT2D eigenvalue weighted by molar-refractivity contribution is 7.13. The third kappa shape index (κ3) is 3.14. The van der Waals surface area contributed by atoms with Gasteiger partial charge in [0.25, 0.3) is 11.8 Å². The van der Waals surface area contributed by atoms with Crippen LogP contribution >= 0.6 is 11.3 Å². The fourth-order valence-corrected chi connectivity index (χ4v) is 3.03. The summed E-state index contributed by atoms with van der Waals surface area (Å²) in [4.78, 5) is 45.0. The number of nitrogens with zero attached hydrogens (tertiary/aromatic N) is 5. The number of halogens is 4. The van der Waals surface area contributed by atoms with Gasteiger partial charge in [0.05, 0.1) is 5.56 Å². The highest BCUT2D eigenvalue weighted by Gasteiger charge is 2.34. The van der Waals surface area contributed by atoms with Crippen LogP contribution in [0.25, 0.3) is 21.0 Å². The van der Waals surface area contributed by atoms with Gasteiger partial charge in [-0.05, 0) is 5.53 Å². The van der Waals surface area contributed by atoms with Gasteiger partial charge in [-0.25, -0.2) is 27.3 Å². The Kier molecular flexibility index (Phi) is 4.98. The molecule has 0 aliphatic carbocycles. The maximum absolute atomic E-state index is 14.1. The summed E-state index contributed by atoms with van der Waals surface area (Å²) in [5.74, 6) is -10.5. The number of azide groups is 1. The normalized spacial score (nSPS) is 13.6. The van der Waals surface area contributed by atoms with Crippen LogP contribution in [-0.2, 0) is 14.4 Å².